The maximum atomic E-state index is 2.35. The first-order chi connectivity index (χ1) is 6.61. The van der Waals surface area contributed by atoms with Gasteiger partial charge >= 0.3 is 0 Å². The van der Waals surface area contributed by atoms with E-state index in [0.29, 0.717) is 0 Å². The van der Waals surface area contributed by atoms with E-state index in [0.717, 1.165) is 17.8 Å². The first kappa shape index (κ1) is 16.9. The predicted molar refractivity (Wildman–Crippen MR) is 73.1 cm³/mol. The van der Waals surface area contributed by atoms with Gasteiger partial charge in [0.15, 0.2) is 0 Å². The van der Waals surface area contributed by atoms with Gasteiger partial charge in [0.2, 0.25) is 0 Å². The average Bonchev–Trinajstić information content (AvgIpc) is 2.15. The fourth-order valence-corrected chi connectivity index (χ4v) is 1.71. The maximum absolute atomic E-state index is 2.35. The Bertz CT molecular complexity index is 176. The van der Waals surface area contributed by atoms with E-state index in [2.05, 4.69) is 58.9 Å². The summed E-state index contributed by atoms with van der Waals surface area (Å²) in [6.07, 6.45) is 11.6. The van der Waals surface area contributed by atoms with E-state index in [-0.39, 0.29) is 7.43 Å². The van der Waals surface area contributed by atoms with Crippen LogP contribution in [0.5, 0.6) is 0 Å². The zero-order valence-electron chi connectivity index (χ0n) is 10.5. The molecule has 0 aliphatic carbocycles. The molecule has 0 bridgehead atoms. The van der Waals surface area contributed by atoms with Gasteiger partial charge in [-0.25, -0.2) is 0 Å². The molecule has 0 aromatic carbocycles. The highest BCUT2D eigenvalue weighted by molar-refractivity contribution is 4.87. The smallest absolute Gasteiger partial charge is 0.0236 e. The molecule has 0 saturated carbocycles. The van der Waals surface area contributed by atoms with Crippen LogP contribution in [0.25, 0.3) is 0 Å². The lowest BCUT2D eigenvalue weighted by atomic mass is 9.88. The topological polar surface area (TPSA) is 0 Å². The van der Waals surface area contributed by atoms with Gasteiger partial charge in [-0.15, -0.1) is 0 Å². The first-order valence-electron chi connectivity index (χ1n) is 5.87. The summed E-state index contributed by atoms with van der Waals surface area (Å²) in [4.78, 5) is 0. The SMILES string of the molecule is C.C/C=C\C(C)CCC(C)C(C)/C=C\C. The van der Waals surface area contributed by atoms with Crippen molar-refractivity contribution in [2.45, 2.75) is 54.9 Å². The largest absolute Gasteiger partial charge is 0.0914 e. The first-order valence-corrected chi connectivity index (χ1v) is 5.87. The molecule has 0 heterocycles. The second-order valence-corrected chi connectivity index (χ2v) is 4.44. The molecule has 0 aromatic rings. The normalized spacial score (nSPS) is 17.7. The van der Waals surface area contributed by atoms with Gasteiger partial charge in [-0.05, 0) is 44.4 Å². The highest BCUT2D eigenvalue weighted by Gasteiger charge is 2.09. The Morgan fingerprint density at radius 2 is 1.40 bits per heavy atom. The van der Waals surface area contributed by atoms with Crippen molar-refractivity contribution in [1.29, 1.82) is 0 Å². The molecule has 0 spiro atoms. The van der Waals surface area contributed by atoms with Crippen molar-refractivity contribution < 1.29 is 0 Å². The molecule has 0 heteroatoms. The monoisotopic (exact) mass is 210 g/mol. The summed E-state index contributed by atoms with van der Waals surface area (Å²) in [7, 11) is 0. The second-order valence-electron chi connectivity index (χ2n) is 4.44. The van der Waals surface area contributed by atoms with Crippen LogP contribution in [0, 0.1) is 17.8 Å². The van der Waals surface area contributed by atoms with Gasteiger partial charge in [0.1, 0.15) is 0 Å². The van der Waals surface area contributed by atoms with E-state index < -0.39 is 0 Å². The third-order valence-electron chi connectivity index (χ3n) is 2.99. The van der Waals surface area contributed by atoms with Crippen molar-refractivity contribution in [2.75, 3.05) is 0 Å². The van der Waals surface area contributed by atoms with Crippen LogP contribution in [-0.2, 0) is 0 Å². The second kappa shape index (κ2) is 10.0. The summed E-state index contributed by atoms with van der Waals surface area (Å²) in [5.41, 5.74) is 0. The van der Waals surface area contributed by atoms with Gasteiger partial charge in [-0.1, -0.05) is 52.5 Å². The van der Waals surface area contributed by atoms with Crippen molar-refractivity contribution >= 4 is 0 Å². The summed E-state index contributed by atoms with van der Waals surface area (Å²) >= 11 is 0. The van der Waals surface area contributed by atoms with E-state index in [9.17, 15) is 0 Å². The lowest BCUT2D eigenvalue weighted by Gasteiger charge is -2.17. The summed E-state index contributed by atoms with van der Waals surface area (Å²) < 4.78 is 0. The minimum Gasteiger partial charge on any atom is -0.0914 e. The van der Waals surface area contributed by atoms with Gasteiger partial charge < -0.3 is 0 Å². The zero-order chi connectivity index (χ0) is 11.0. The number of hydrogen-bond acceptors (Lipinski definition) is 0. The summed E-state index contributed by atoms with van der Waals surface area (Å²) in [5.74, 6) is 2.26. The lowest BCUT2D eigenvalue weighted by molar-refractivity contribution is 0.395. The zero-order valence-corrected chi connectivity index (χ0v) is 10.5. The molecule has 0 aromatic heterocycles. The molecule has 0 nitrogen and oxygen atoms in total. The maximum Gasteiger partial charge on any atom is -0.0236 e. The Kier molecular flexibility index (Phi) is 11.3. The van der Waals surface area contributed by atoms with Crippen LogP contribution in [0.1, 0.15) is 54.9 Å². The van der Waals surface area contributed by atoms with Crippen molar-refractivity contribution in [3.8, 4) is 0 Å². The molecule has 0 rings (SSSR count). The highest BCUT2D eigenvalue weighted by atomic mass is 14.1. The Hall–Kier alpha value is -0.520. The molecule has 3 unspecified atom stereocenters. The number of allylic oxidation sites excluding steroid dienone is 4. The Labute approximate surface area is 97.5 Å². The molecule has 0 aliphatic heterocycles. The molecule has 0 aliphatic rings. The van der Waals surface area contributed by atoms with Crippen LogP contribution < -0.4 is 0 Å². The summed E-state index contributed by atoms with van der Waals surface area (Å²) in [6.45, 7) is 11.2. The minimum atomic E-state index is 0. The van der Waals surface area contributed by atoms with Gasteiger partial charge in [-0.3, -0.25) is 0 Å². The summed E-state index contributed by atoms with van der Waals surface area (Å²) in [5, 5.41) is 0. The van der Waals surface area contributed by atoms with Gasteiger partial charge in [0.05, 0.1) is 0 Å². The molecule has 15 heavy (non-hydrogen) atoms. The summed E-state index contributed by atoms with van der Waals surface area (Å²) in [6, 6.07) is 0. The molecule has 0 saturated heterocycles. The van der Waals surface area contributed by atoms with Crippen LogP contribution in [0.3, 0.4) is 0 Å². The third-order valence-corrected chi connectivity index (χ3v) is 2.99. The molecule has 90 valence electrons. The average molecular weight is 210 g/mol. The molecule has 0 N–H and O–H groups in total. The van der Waals surface area contributed by atoms with Gasteiger partial charge in [0, 0.05) is 0 Å². The van der Waals surface area contributed by atoms with E-state index in [1.54, 1.807) is 0 Å². The standard InChI is InChI=1S/C14H26.CH4/c1-6-8-12(3)10-11-14(5)13(4)9-7-2;/h6-9,12-14H,10-11H2,1-5H3;1H4/b8-6-,9-7-;. The van der Waals surface area contributed by atoms with Crippen LogP contribution in [0.4, 0.5) is 0 Å². The van der Waals surface area contributed by atoms with Crippen LogP contribution in [-0.4, -0.2) is 0 Å². The van der Waals surface area contributed by atoms with E-state index in [1.807, 2.05) is 0 Å². The molecule has 0 fully saturated rings. The number of hydrogen-bond donors (Lipinski definition) is 0. The van der Waals surface area contributed by atoms with E-state index in [4.69, 9.17) is 0 Å². The quantitative estimate of drug-likeness (QED) is 0.510. The van der Waals surface area contributed by atoms with Crippen LogP contribution in [0.2, 0.25) is 0 Å². The van der Waals surface area contributed by atoms with Crippen LogP contribution >= 0.6 is 0 Å². The Morgan fingerprint density at radius 3 is 1.87 bits per heavy atom. The predicted octanol–water partition coefficient (Wildman–Crippen LogP) is 5.46. The molecule has 0 radical (unpaired) electrons. The van der Waals surface area contributed by atoms with Crippen molar-refractivity contribution in [2.24, 2.45) is 17.8 Å². The fourth-order valence-electron chi connectivity index (χ4n) is 1.71. The lowest BCUT2D eigenvalue weighted by Crippen LogP contribution is -2.06. The molecule has 3 atom stereocenters. The Balaban J connectivity index is 0. The van der Waals surface area contributed by atoms with E-state index in [1.165, 1.54) is 12.8 Å². The fraction of sp³-hybridized carbons (Fsp3) is 0.733. The molecular weight excluding hydrogens is 180 g/mol. The van der Waals surface area contributed by atoms with Crippen LogP contribution in [0.15, 0.2) is 24.3 Å². The van der Waals surface area contributed by atoms with Crippen molar-refractivity contribution in [3.63, 3.8) is 0 Å². The highest BCUT2D eigenvalue weighted by Crippen LogP contribution is 2.21. The van der Waals surface area contributed by atoms with Gasteiger partial charge in [0.25, 0.3) is 0 Å². The van der Waals surface area contributed by atoms with E-state index >= 15 is 0 Å². The van der Waals surface area contributed by atoms with Crippen molar-refractivity contribution in [3.05, 3.63) is 24.3 Å². The minimum absolute atomic E-state index is 0. The van der Waals surface area contributed by atoms with Crippen molar-refractivity contribution in [1.82, 2.24) is 0 Å². The molecular formula is C15H30. The van der Waals surface area contributed by atoms with Gasteiger partial charge in [-0.2, -0.15) is 0 Å². The third kappa shape index (κ3) is 8.47. The Morgan fingerprint density at radius 1 is 0.867 bits per heavy atom. The number of rotatable bonds is 6. The molecule has 0 amide bonds.